The summed E-state index contributed by atoms with van der Waals surface area (Å²) < 4.78 is 1.93. The van der Waals surface area contributed by atoms with E-state index in [1.165, 1.54) is 11.1 Å². The number of aromatic amines is 1. The van der Waals surface area contributed by atoms with Gasteiger partial charge in [0.25, 0.3) is 0 Å². The van der Waals surface area contributed by atoms with Gasteiger partial charge in [0.05, 0.1) is 12.4 Å². The van der Waals surface area contributed by atoms with Crippen molar-refractivity contribution in [3.05, 3.63) is 35.9 Å². The first-order valence-electron chi connectivity index (χ1n) is 5.53. The fraction of sp³-hybridized carbons (Fsp3) is 0.455. The molecule has 1 atom stereocenters. The van der Waals surface area contributed by atoms with Gasteiger partial charge in [-0.15, -0.1) is 0 Å². The molecule has 2 aromatic heterocycles. The molecule has 0 amide bonds. The Hall–Kier alpha value is -1.62. The highest BCUT2D eigenvalue weighted by Crippen LogP contribution is 2.10. The first-order valence-corrected chi connectivity index (χ1v) is 5.53. The monoisotopic (exact) mass is 219 g/mol. The molecular formula is C11H17N5. The molecule has 0 bridgehead atoms. The molecule has 0 fully saturated rings. The highest BCUT2D eigenvalue weighted by molar-refractivity contribution is 5.09. The summed E-state index contributed by atoms with van der Waals surface area (Å²) in [6, 6.07) is 0.295. The highest BCUT2D eigenvalue weighted by atomic mass is 15.3. The van der Waals surface area contributed by atoms with E-state index < -0.39 is 0 Å². The Morgan fingerprint density at radius 1 is 1.50 bits per heavy atom. The van der Waals surface area contributed by atoms with Crippen molar-refractivity contribution in [1.29, 1.82) is 0 Å². The van der Waals surface area contributed by atoms with Crippen LogP contribution in [0.4, 0.5) is 0 Å². The third-order valence-corrected chi connectivity index (χ3v) is 2.64. The maximum Gasteiger partial charge on any atom is 0.0534 e. The summed E-state index contributed by atoms with van der Waals surface area (Å²) in [5.41, 5.74) is 2.38. The number of H-pyrrole nitrogens is 1. The maximum atomic E-state index is 4.23. The number of nitrogens with one attached hydrogen (secondary N) is 2. The summed E-state index contributed by atoms with van der Waals surface area (Å²) in [6.45, 7) is 5.94. The van der Waals surface area contributed by atoms with Gasteiger partial charge in [0.1, 0.15) is 0 Å². The van der Waals surface area contributed by atoms with Gasteiger partial charge in [-0.1, -0.05) is 0 Å². The minimum atomic E-state index is 0.295. The van der Waals surface area contributed by atoms with Crippen LogP contribution in [-0.4, -0.2) is 20.0 Å². The third kappa shape index (κ3) is 2.49. The van der Waals surface area contributed by atoms with Crippen LogP contribution in [0.3, 0.4) is 0 Å². The quantitative estimate of drug-likeness (QED) is 0.800. The normalized spacial score (nSPS) is 12.9. The Kier molecular flexibility index (Phi) is 3.36. The van der Waals surface area contributed by atoms with E-state index in [4.69, 9.17) is 0 Å². The molecule has 0 aliphatic heterocycles. The first kappa shape index (κ1) is 10.9. The molecule has 0 radical (unpaired) electrons. The molecule has 16 heavy (non-hydrogen) atoms. The predicted octanol–water partition coefficient (Wildman–Crippen LogP) is 1.48. The summed E-state index contributed by atoms with van der Waals surface area (Å²) in [7, 11) is 0. The largest absolute Gasteiger partial charge is 0.306 e. The van der Waals surface area contributed by atoms with Gasteiger partial charge in [-0.3, -0.25) is 9.78 Å². The number of aryl methyl sites for hydroxylation is 1. The van der Waals surface area contributed by atoms with Gasteiger partial charge >= 0.3 is 0 Å². The van der Waals surface area contributed by atoms with Gasteiger partial charge in [0.15, 0.2) is 0 Å². The second-order valence-electron chi connectivity index (χ2n) is 3.84. The molecule has 0 saturated carbocycles. The number of rotatable bonds is 5. The van der Waals surface area contributed by atoms with Gasteiger partial charge < -0.3 is 5.32 Å². The predicted molar refractivity (Wildman–Crippen MR) is 61.7 cm³/mol. The van der Waals surface area contributed by atoms with Crippen molar-refractivity contribution in [2.24, 2.45) is 0 Å². The second-order valence-corrected chi connectivity index (χ2v) is 3.84. The van der Waals surface area contributed by atoms with Crippen molar-refractivity contribution in [3.8, 4) is 0 Å². The third-order valence-electron chi connectivity index (χ3n) is 2.64. The fourth-order valence-corrected chi connectivity index (χ4v) is 1.56. The topological polar surface area (TPSA) is 58.5 Å². The zero-order valence-corrected chi connectivity index (χ0v) is 9.64. The van der Waals surface area contributed by atoms with E-state index in [1.807, 2.05) is 23.3 Å². The van der Waals surface area contributed by atoms with Crippen LogP contribution in [0.25, 0.3) is 0 Å². The van der Waals surface area contributed by atoms with Crippen LogP contribution in [0.15, 0.2) is 24.8 Å². The first-order chi connectivity index (χ1) is 7.79. The molecule has 2 heterocycles. The number of aromatic nitrogens is 4. The van der Waals surface area contributed by atoms with Crippen molar-refractivity contribution in [3.63, 3.8) is 0 Å². The van der Waals surface area contributed by atoms with Crippen molar-refractivity contribution in [2.75, 3.05) is 0 Å². The molecule has 1 unspecified atom stereocenters. The summed E-state index contributed by atoms with van der Waals surface area (Å²) in [6.07, 6.45) is 7.72. The summed E-state index contributed by atoms with van der Waals surface area (Å²) in [5, 5.41) is 14.4. The molecule has 0 spiro atoms. The van der Waals surface area contributed by atoms with E-state index in [1.54, 1.807) is 0 Å². The lowest BCUT2D eigenvalue weighted by Crippen LogP contribution is -2.17. The van der Waals surface area contributed by atoms with Gasteiger partial charge in [-0.25, -0.2) is 0 Å². The molecule has 2 rings (SSSR count). The van der Waals surface area contributed by atoms with Crippen molar-refractivity contribution >= 4 is 0 Å². The zero-order chi connectivity index (χ0) is 11.4. The van der Waals surface area contributed by atoms with Crippen LogP contribution in [-0.2, 0) is 13.1 Å². The van der Waals surface area contributed by atoms with Crippen LogP contribution in [0.5, 0.6) is 0 Å². The number of hydrogen-bond donors (Lipinski definition) is 2. The van der Waals surface area contributed by atoms with Crippen LogP contribution in [0.2, 0.25) is 0 Å². The molecule has 2 aromatic rings. The smallest absolute Gasteiger partial charge is 0.0534 e. The molecule has 86 valence electrons. The van der Waals surface area contributed by atoms with Gasteiger partial charge in [0, 0.05) is 42.7 Å². The SMILES string of the molecule is CCn1cc(CNC(C)c2cn[nH]c2)cn1. The van der Waals surface area contributed by atoms with Crippen LogP contribution >= 0.6 is 0 Å². The molecule has 2 N–H and O–H groups in total. The van der Waals surface area contributed by atoms with E-state index >= 15 is 0 Å². The van der Waals surface area contributed by atoms with Crippen molar-refractivity contribution < 1.29 is 0 Å². The Labute approximate surface area is 94.9 Å². The van der Waals surface area contributed by atoms with Gasteiger partial charge in [-0.05, 0) is 13.8 Å². The molecule has 0 saturated heterocycles. The average Bonchev–Trinajstić information content (AvgIpc) is 2.96. The molecule has 0 aliphatic rings. The van der Waals surface area contributed by atoms with Crippen LogP contribution in [0.1, 0.15) is 31.0 Å². The Bertz CT molecular complexity index is 417. The lowest BCUT2D eigenvalue weighted by Gasteiger charge is -2.10. The maximum absolute atomic E-state index is 4.23. The number of hydrogen-bond acceptors (Lipinski definition) is 3. The van der Waals surface area contributed by atoms with Crippen LogP contribution < -0.4 is 5.32 Å². The summed E-state index contributed by atoms with van der Waals surface area (Å²) >= 11 is 0. The Balaban J connectivity index is 1.87. The lowest BCUT2D eigenvalue weighted by atomic mass is 10.2. The Morgan fingerprint density at radius 3 is 3.00 bits per heavy atom. The average molecular weight is 219 g/mol. The van der Waals surface area contributed by atoms with E-state index in [0.717, 1.165) is 13.1 Å². The molecule has 0 aliphatic carbocycles. The lowest BCUT2D eigenvalue weighted by molar-refractivity contribution is 0.574. The zero-order valence-electron chi connectivity index (χ0n) is 9.64. The van der Waals surface area contributed by atoms with E-state index in [-0.39, 0.29) is 0 Å². The van der Waals surface area contributed by atoms with E-state index in [9.17, 15) is 0 Å². The highest BCUT2D eigenvalue weighted by Gasteiger charge is 2.06. The van der Waals surface area contributed by atoms with Gasteiger partial charge in [-0.2, -0.15) is 10.2 Å². The van der Waals surface area contributed by atoms with Gasteiger partial charge in [0.2, 0.25) is 0 Å². The Morgan fingerprint density at radius 2 is 2.38 bits per heavy atom. The molecule has 5 nitrogen and oxygen atoms in total. The summed E-state index contributed by atoms with van der Waals surface area (Å²) in [4.78, 5) is 0. The fourth-order valence-electron chi connectivity index (χ4n) is 1.56. The van der Waals surface area contributed by atoms with Crippen LogP contribution in [0, 0.1) is 0 Å². The standard InChI is InChI=1S/C11H17N5/c1-3-16-8-10(5-15-16)4-12-9(2)11-6-13-14-7-11/h5-9,12H,3-4H2,1-2H3,(H,13,14). The second kappa shape index (κ2) is 4.94. The number of nitrogens with zero attached hydrogens (tertiary/aromatic N) is 3. The molecule has 5 heteroatoms. The minimum absolute atomic E-state index is 0.295. The summed E-state index contributed by atoms with van der Waals surface area (Å²) in [5.74, 6) is 0. The molecular weight excluding hydrogens is 202 g/mol. The van der Waals surface area contributed by atoms with E-state index in [0.29, 0.717) is 6.04 Å². The minimum Gasteiger partial charge on any atom is -0.306 e. The van der Waals surface area contributed by atoms with Crippen molar-refractivity contribution in [1.82, 2.24) is 25.3 Å². The van der Waals surface area contributed by atoms with E-state index in [2.05, 4.69) is 40.7 Å². The molecule has 0 aromatic carbocycles. The van der Waals surface area contributed by atoms with Crippen molar-refractivity contribution in [2.45, 2.75) is 33.0 Å².